The van der Waals surface area contributed by atoms with Gasteiger partial charge < -0.3 is 4.90 Å². The lowest BCUT2D eigenvalue weighted by Gasteiger charge is -2.35. The molecule has 0 bridgehead atoms. The second-order valence-electron chi connectivity index (χ2n) is 6.44. The van der Waals surface area contributed by atoms with E-state index in [1.165, 1.54) is 29.1 Å². The summed E-state index contributed by atoms with van der Waals surface area (Å²) >= 11 is 5.72. The average Bonchev–Trinajstić information content (AvgIpc) is 2.63. The predicted molar refractivity (Wildman–Crippen MR) is 94.9 cm³/mol. The number of hydrogen-bond acceptors (Lipinski definition) is 5. The fourth-order valence-electron chi connectivity index (χ4n) is 3.23. The number of piperazine rings is 1. The molecule has 2 aliphatic rings. The molecule has 25 heavy (non-hydrogen) atoms. The summed E-state index contributed by atoms with van der Waals surface area (Å²) in [6.07, 6.45) is 4.63. The first kappa shape index (κ1) is 18.6. The maximum atomic E-state index is 12.6. The number of rotatable bonds is 4. The lowest BCUT2D eigenvalue weighted by atomic mass is 10.1. The predicted octanol–water partition coefficient (Wildman–Crippen LogP) is 1.05. The molecule has 0 spiro atoms. The molecule has 0 N–H and O–H groups in total. The van der Waals surface area contributed by atoms with Crippen LogP contribution in [0.4, 0.5) is 0 Å². The highest BCUT2D eigenvalue weighted by Crippen LogP contribution is 2.18. The minimum Gasteiger partial charge on any atom is -0.342 e. The van der Waals surface area contributed by atoms with Gasteiger partial charge in [0, 0.05) is 45.5 Å². The van der Waals surface area contributed by atoms with Gasteiger partial charge >= 0.3 is 0 Å². The first-order valence-electron chi connectivity index (χ1n) is 8.59. The number of aromatic nitrogens is 1. The first-order valence-corrected chi connectivity index (χ1v) is 10.4. The third-order valence-electron chi connectivity index (χ3n) is 4.74. The van der Waals surface area contributed by atoms with Crippen molar-refractivity contribution in [2.75, 3.05) is 45.8 Å². The number of nitrogens with zero attached hydrogens (tertiary/aromatic N) is 4. The minimum atomic E-state index is -3.56. The Hall–Kier alpha value is -1.22. The van der Waals surface area contributed by atoms with Crippen molar-refractivity contribution >= 4 is 27.5 Å². The van der Waals surface area contributed by atoms with Gasteiger partial charge in [0.05, 0.1) is 6.54 Å². The number of halogens is 1. The molecule has 0 aromatic carbocycles. The molecule has 1 aromatic heterocycles. The Morgan fingerprint density at radius 3 is 2.32 bits per heavy atom. The largest absolute Gasteiger partial charge is 0.342 e. The third kappa shape index (κ3) is 4.49. The normalized spacial score (nSPS) is 20.6. The Morgan fingerprint density at radius 2 is 1.72 bits per heavy atom. The van der Waals surface area contributed by atoms with Crippen molar-refractivity contribution in [2.24, 2.45) is 0 Å². The van der Waals surface area contributed by atoms with E-state index in [0.29, 0.717) is 32.7 Å². The van der Waals surface area contributed by atoms with Gasteiger partial charge in [-0.25, -0.2) is 13.4 Å². The summed E-state index contributed by atoms with van der Waals surface area (Å²) < 4.78 is 26.7. The molecular formula is C16H23ClN4O3S. The van der Waals surface area contributed by atoms with Gasteiger partial charge in [0.2, 0.25) is 15.9 Å². The molecule has 0 atom stereocenters. The molecule has 7 nitrogen and oxygen atoms in total. The standard InChI is InChI=1S/C16H23ClN4O3S/c17-15-5-4-14(12-18-15)25(23,24)21-10-8-19(9-11-21)13-16(22)20-6-2-1-3-7-20/h4-5,12H,1-3,6-11,13H2. The third-order valence-corrected chi connectivity index (χ3v) is 6.84. The molecule has 0 aliphatic carbocycles. The average molecular weight is 387 g/mol. The number of likely N-dealkylation sites (tertiary alicyclic amines) is 1. The quantitative estimate of drug-likeness (QED) is 0.723. The van der Waals surface area contributed by atoms with Crippen LogP contribution in [0.15, 0.2) is 23.2 Å². The number of carbonyl (C=O) groups is 1. The summed E-state index contributed by atoms with van der Waals surface area (Å²) in [5, 5.41) is 0.264. The van der Waals surface area contributed by atoms with Crippen LogP contribution in [0.2, 0.25) is 5.15 Å². The van der Waals surface area contributed by atoms with E-state index in [-0.39, 0.29) is 16.0 Å². The number of carbonyl (C=O) groups excluding carboxylic acids is 1. The lowest BCUT2D eigenvalue weighted by molar-refractivity contribution is -0.133. The van der Waals surface area contributed by atoms with Crippen LogP contribution in [0.3, 0.4) is 0 Å². The van der Waals surface area contributed by atoms with Crippen LogP contribution in [-0.4, -0.2) is 79.2 Å². The SMILES string of the molecule is O=C(CN1CCN(S(=O)(=O)c2ccc(Cl)nc2)CC1)N1CCCCC1. The first-order chi connectivity index (χ1) is 12.0. The summed E-state index contributed by atoms with van der Waals surface area (Å²) in [7, 11) is -3.56. The summed E-state index contributed by atoms with van der Waals surface area (Å²) in [4.78, 5) is 20.3. The topological polar surface area (TPSA) is 73.8 Å². The number of sulfonamides is 1. The Balaban J connectivity index is 1.54. The second kappa shape index (κ2) is 7.99. The van der Waals surface area contributed by atoms with Crippen LogP contribution in [0, 0.1) is 0 Å². The van der Waals surface area contributed by atoms with Crippen molar-refractivity contribution in [3.63, 3.8) is 0 Å². The molecule has 2 saturated heterocycles. The molecule has 138 valence electrons. The highest BCUT2D eigenvalue weighted by Gasteiger charge is 2.30. The van der Waals surface area contributed by atoms with Gasteiger partial charge in [-0.1, -0.05) is 11.6 Å². The van der Waals surface area contributed by atoms with Gasteiger partial charge in [-0.2, -0.15) is 4.31 Å². The molecule has 0 unspecified atom stereocenters. The summed E-state index contributed by atoms with van der Waals surface area (Å²) in [6, 6.07) is 2.94. The van der Waals surface area contributed by atoms with Crippen molar-refractivity contribution < 1.29 is 13.2 Å². The number of pyridine rings is 1. The van der Waals surface area contributed by atoms with E-state index in [1.807, 2.05) is 9.80 Å². The van der Waals surface area contributed by atoms with Crippen molar-refractivity contribution in [3.05, 3.63) is 23.5 Å². The Morgan fingerprint density at radius 1 is 1.04 bits per heavy atom. The van der Waals surface area contributed by atoms with E-state index in [0.717, 1.165) is 25.9 Å². The van der Waals surface area contributed by atoms with Crippen LogP contribution in [0.25, 0.3) is 0 Å². The maximum absolute atomic E-state index is 12.6. The Bertz CT molecular complexity index is 697. The van der Waals surface area contributed by atoms with Crippen LogP contribution in [-0.2, 0) is 14.8 Å². The van der Waals surface area contributed by atoms with E-state index in [2.05, 4.69) is 4.98 Å². The molecular weight excluding hydrogens is 364 g/mol. The van der Waals surface area contributed by atoms with E-state index >= 15 is 0 Å². The zero-order chi connectivity index (χ0) is 17.9. The molecule has 0 radical (unpaired) electrons. The van der Waals surface area contributed by atoms with Gasteiger partial charge in [-0.15, -0.1) is 0 Å². The van der Waals surface area contributed by atoms with E-state index in [4.69, 9.17) is 11.6 Å². The van der Waals surface area contributed by atoms with Gasteiger partial charge in [-0.3, -0.25) is 9.69 Å². The zero-order valence-corrected chi connectivity index (χ0v) is 15.7. The zero-order valence-electron chi connectivity index (χ0n) is 14.1. The van der Waals surface area contributed by atoms with Gasteiger partial charge in [0.1, 0.15) is 10.0 Å². The van der Waals surface area contributed by atoms with E-state index in [1.54, 1.807) is 0 Å². The molecule has 2 aliphatic heterocycles. The molecule has 1 amide bonds. The molecule has 3 heterocycles. The van der Waals surface area contributed by atoms with Crippen LogP contribution < -0.4 is 0 Å². The summed E-state index contributed by atoms with van der Waals surface area (Å²) in [6.45, 7) is 3.92. The molecule has 0 saturated carbocycles. The highest BCUT2D eigenvalue weighted by molar-refractivity contribution is 7.89. The fraction of sp³-hybridized carbons (Fsp3) is 0.625. The number of piperidine rings is 1. The smallest absolute Gasteiger partial charge is 0.244 e. The molecule has 1 aromatic rings. The molecule has 2 fully saturated rings. The van der Waals surface area contributed by atoms with Gasteiger partial charge in [-0.05, 0) is 31.4 Å². The van der Waals surface area contributed by atoms with Crippen molar-refractivity contribution in [1.82, 2.24) is 19.1 Å². The highest BCUT2D eigenvalue weighted by atomic mass is 35.5. The number of amides is 1. The Labute approximate surface area is 153 Å². The monoisotopic (exact) mass is 386 g/mol. The van der Waals surface area contributed by atoms with E-state index < -0.39 is 10.0 Å². The lowest BCUT2D eigenvalue weighted by Crippen LogP contribution is -2.51. The summed E-state index contributed by atoms with van der Waals surface area (Å²) in [5.74, 6) is 0.151. The maximum Gasteiger partial charge on any atom is 0.244 e. The van der Waals surface area contributed by atoms with Crippen LogP contribution >= 0.6 is 11.6 Å². The fourth-order valence-corrected chi connectivity index (χ4v) is 4.71. The van der Waals surface area contributed by atoms with Gasteiger partial charge in [0.15, 0.2) is 0 Å². The molecule has 9 heteroatoms. The second-order valence-corrected chi connectivity index (χ2v) is 8.76. The van der Waals surface area contributed by atoms with Gasteiger partial charge in [0.25, 0.3) is 0 Å². The van der Waals surface area contributed by atoms with Crippen LogP contribution in [0.5, 0.6) is 0 Å². The van der Waals surface area contributed by atoms with Crippen molar-refractivity contribution in [2.45, 2.75) is 24.2 Å². The van der Waals surface area contributed by atoms with Crippen LogP contribution in [0.1, 0.15) is 19.3 Å². The van der Waals surface area contributed by atoms with E-state index in [9.17, 15) is 13.2 Å². The Kier molecular flexibility index (Phi) is 5.93. The number of hydrogen-bond donors (Lipinski definition) is 0. The van der Waals surface area contributed by atoms with Crippen molar-refractivity contribution in [3.8, 4) is 0 Å². The minimum absolute atomic E-state index is 0.148. The molecule has 3 rings (SSSR count). The van der Waals surface area contributed by atoms with Crippen molar-refractivity contribution in [1.29, 1.82) is 0 Å². The summed E-state index contributed by atoms with van der Waals surface area (Å²) in [5.41, 5.74) is 0.